The highest BCUT2D eigenvalue weighted by Gasteiger charge is 2.29. The fourth-order valence-corrected chi connectivity index (χ4v) is 5.07. The molecule has 4 heterocycles. The molecule has 11 heteroatoms. The van der Waals surface area contributed by atoms with Crippen LogP contribution in [-0.4, -0.2) is 64.2 Å². The van der Waals surface area contributed by atoms with Crippen molar-refractivity contribution in [3.05, 3.63) is 29.6 Å². The first kappa shape index (κ1) is 14.5. The lowest BCUT2D eigenvalue weighted by Crippen LogP contribution is -2.48. The zero-order valence-corrected chi connectivity index (χ0v) is 13.6. The summed E-state index contributed by atoms with van der Waals surface area (Å²) in [6, 6.07) is 7.02. The maximum absolute atomic E-state index is 12.5. The highest BCUT2D eigenvalue weighted by atomic mass is 32.2. The Balaban J connectivity index is 1.50. The van der Waals surface area contributed by atoms with Crippen LogP contribution in [-0.2, 0) is 10.0 Å². The first-order valence-electron chi connectivity index (χ1n) is 6.99. The van der Waals surface area contributed by atoms with Crippen molar-refractivity contribution in [1.82, 2.24) is 29.6 Å². The molecule has 3 aromatic rings. The number of hydrogen-bond acceptors (Lipinski definition) is 8. The molecular formula is C12H13N7O2S2. The minimum absolute atomic E-state index is 0.388. The van der Waals surface area contributed by atoms with E-state index in [1.807, 2.05) is 11.0 Å². The van der Waals surface area contributed by atoms with Gasteiger partial charge in [0.05, 0.1) is 0 Å². The molecule has 1 aliphatic heterocycles. The van der Waals surface area contributed by atoms with Gasteiger partial charge in [0.1, 0.15) is 4.21 Å². The summed E-state index contributed by atoms with van der Waals surface area (Å²) in [5, 5.41) is 17.3. The maximum atomic E-state index is 12.5. The first-order valence-corrected chi connectivity index (χ1v) is 9.30. The summed E-state index contributed by atoms with van der Waals surface area (Å²) in [4.78, 5) is 2.03. The molecule has 1 aliphatic rings. The predicted molar refractivity (Wildman–Crippen MR) is 83.9 cm³/mol. The van der Waals surface area contributed by atoms with Gasteiger partial charge in [-0.2, -0.15) is 4.31 Å². The fraction of sp³-hybridized carbons (Fsp3) is 0.333. The van der Waals surface area contributed by atoms with E-state index in [2.05, 4.69) is 20.6 Å². The first-order chi connectivity index (χ1) is 11.1. The number of rotatable bonds is 3. The van der Waals surface area contributed by atoms with E-state index in [1.165, 1.54) is 20.3 Å². The Bertz CT molecular complexity index is 914. The molecule has 0 N–H and O–H groups in total. The van der Waals surface area contributed by atoms with Crippen LogP contribution in [0.4, 0.5) is 5.82 Å². The molecule has 0 amide bonds. The van der Waals surface area contributed by atoms with Gasteiger partial charge in [0.2, 0.25) is 0 Å². The summed E-state index contributed by atoms with van der Waals surface area (Å²) in [5.74, 6) is 0.734. The lowest BCUT2D eigenvalue weighted by atomic mass is 10.3. The number of aromatic nitrogens is 5. The van der Waals surface area contributed by atoms with E-state index in [-0.39, 0.29) is 0 Å². The average molecular weight is 351 g/mol. The predicted octanol–water partition coefficient (Wildman–Crippen LogP) is 0.0917. The Labute approximate surface area is 136 Å². The smallest absolute Gasteiger partial charge is 0.252 e. The molecule has 4 rings (SSSR count). The highest BCUT2D eigenvalue weighted by Crippen LogP contribution is 2.23. The number of tetrazole rings is 1. The van der Waals surface area contributed by atoms with Crippen LogP contribution in [0.25, 0.3) is 5.65 Å². The van der Waals surface area contributed by atoms with Crippen LogP contribution in [0, 0.1) is 0 Å². The van der Waals surface area contributed by atoms with Gasteiger partial charge in [0.15, 0.2) is 11.5 Å². The molecule has 0 saturated carbocycles. The van der Waals surface area contributed by atoms with E-state index in [9.17, 15) is 8.42 Å². The van der Waals surface area contributed by atoms with Crippen molar-refractivity contribution in [2.24, 2.45) is 0 Å². The van der Waals surface area contributed by atoms with Crippen molar-refractivity contribution < 1.29 is 8.42 Å². The molecule has 120 valence electrons. The normalized spacial score (nSPS) is 17.0. The van der Waals surface area contributed by atoms with Crippen LogP contribution in [0.1, 0.15) is 0 Å². The molecule has 0 radical (unpaired) electrons. The molecular weight excluding hydrogens is 338 g/mol. The molecule has 1 fully saturated rings. The number of thiophene rings is 1. The Hall–Kier alpha value is -2.11. The van der Waals surface area contributed by atoms with Gasteiger partial charge in [-0.25, -0.2) is 8.42 Å². The summed E-state index contributed by atoms with van der Waals surface area (Å²) in [5.41, 5.74) is 0.577. The van der Waals surface area contributed by atoms with Gasteiger partial charge >= 0.3 is 0 Å². The third-order valence-electron chi connectivity index (χ3n) is 3.71. The third-order valence-corrected chi connectivity index (χ3v) is 6.98. The average Bonchev–Trinajstić information content (AvgIpc) is 3.26. The Morgan fingerprint density at radius 2 is 1.91 bits per heavy atom. The molecule has 23 heavy (non-hydrogen) atoms. The molecule has 0 atom stereocenters. The SMILES string of the molecule is O=S(=O)(c1cccs1)N1CCN(c2ccc3nnnn3n2)CC1. The Kier molecular flexibility index (Phi) is 3.47. The van der Waals surface area contributed by atoms with Gasteiger partial charge in [-0.05, 0) is 34.0 Å². The second-order valence-electron chi connectivity index (χ2n) is 5.04. The molecule has 0 aromatic carbocycles. The minimum atomic E-state index is -3.38. The summed E-state index contributed by atoms with van der Waals surface area (Å²) in [7, 11) is -3.38. The quantitative estimate of drug-likeness (QED) is 0.660. The molecule has 3 aromatic heterocycles. The van der Waals surface area contributed by atoms with Gasteiger partial charge in [0, 0.05) is 26.2 Å². The van der Waals surface area contributed by atoms with Crippen molar-refractivity contribution in [1.29, 1.82) is 0 Å². The molecule has 0 unspecified atom stereocenters. The molecule has 0 bridgehead atoms. The van der Waals surface area contributed by atoms with E-state index in [0.29, 0.717) is 36.0 Å². The monoisotopic (exact) mass is 351 g/mol. The van der Waals surface area contributed by atoms with Gasteiger partial charge in [-0.1, -0.05) is 6.07 Å². The molecule has 1 saturated heterocycles. The van der Waals surface area contributed by atoms with E-state index in [1.54, 1.807) is 23.6 Å². The van der Waals surface area contributed by atoms with Crippen LogP contribution in [0.5, 0.6) is 0 Å². The van der Waals surface area contributed by atoms with E-state index in [0.717, 1.165) is 5.82 Å². The van der Waals surface area contributed by atoms with Crippen molar-refractivity contribution in [2.45, 2.75) is 4.21 Å². The Morgan fingerprint density at radius 3 is 2.65 bits per heavy atom. The number of anilines is 1. The fourth-order valence-electron chi connectivity index (χ4n) is 2.50. The van der Waals surface area contributed by atoms with Gasteiger partial charge in [-0.15, -0.1) is 26.2 Å². The van der Waals surface area contributed by atoms with Crippen LogP contribution in [0.15, 0.2) is 33.9 Å². The van der Waals surface area contributed by atoms with E-state index >= 15 is 0 Å². The van der Waals surface area contributed by atoms with Gasteiger partial charge in [0.25, 0.3) is 10.0 Å². The van der Waals surface area contributed by atoms with Gasteiger partial charge in [-0.3, -0.25) is 0 Å². The zero-order valence-electron chi connectivity index (χ0n) is 12.0. The van der Waals surface area contributed by atoms with E-state index in [4.69, 9.17) is 0 Å². The number of piperazine rings is 1. The largest absolute Gasteiger partial charge is 0.352 e. The number of sulfonamides is 1. The molecule has 9 nitrogen and oxygen atoms in total. The maximum Gasteiger partial charge on any atom is 0.252 e. The van der Waals surface area contributed by atoms with Crippen molar-refractivity contribution in [2.75, 3.05) is 31.1 Å². The van der Waals surface area contributed by atoms with Crippen LogP contribution >= 0.6 is 11.3 Å². The molecule has 0 aliphatic carbocycles. The third kappa shape index (κ3) is 2.56. The second-order valence-corrected chi connectivity index (χ2v) is 8.15. The topological polar surface area (TPSA) is 96.6 Å². The van der Waals surface area contributed by atoms with Gasteiger partial charge < -0.3 is 4.90 Å². The minimum Gasteiger partial charge on any atom is -0.352 e. The highest BCUT2D eigenvalue weighted by molar-refractivity contribution is 7.91. The Morgan fingerprint density at radius 1 is 1.09 bits per heavy atom. The summed E-state index contributed by atoms with van der Waals surface area (Å²) in [6.07, 6.45) is 0. The van der Waals surface area contributed by atoms with Crippen molar-refractivity contribution in [3.8, 4) is 0 Å². The standard InChI is InChI=1S/C12H13N7O2S2/c20-23(21,12-2-1-9-22-12)18-7-5-17(6-8-18)11-4-3-10-13-15-16-19(10)14-11/h1-4,9H,5-8H2. The van der Waals surface area contributed by atoms with Crippen LogP contribution in [0.2, 0.25) is 0 Å². The van der Waals surface area contributed by atoms with E-state index < -0.39 is 10.0 Å². The molecule has 0 spiro atoms. The number of hydrogen-bond donors (Lipinski definition) is 0. The van der Waals surface area contributed by atoms with Crippen LogP contribution in [0.3, 0.4) is 0 Å². The summed E-state index contributed by atoms with van der Waals surface area (Å²) >= 11 is 1.24. The van der Waals surface area contributed by atoms with Crippen molar-refractivity contribution >= 4 is 32.8 Å². The lowest BCUT2D eigenvalue weighted by molar-refractivity contribution is 0.384. The lowest BCUT2D eigenvalue weighted by Gasteiger charge is -2.34. The zero-order chi connectivity index (χ0) is 15.9. The number of nitrogens with zero attached hydrogens (tertiary/aromatic N) is 7. The summed E-state index contributed by atoms with van der Waals surface area (Å²) < 4.78 is 28.3. The van der Waals surface area contributed by atoms with Crippen LogP contribution < -0.4 is 4.90 Å². The number of fused-ring (bicyclic) bond motifs is 1. The summed E-state index contributed by atoms with van der Waals surface area (Å²) in [6.45, 7) is 2.00. The van der Waals surface area contributed by atoms with Crippen molar-refractivity contribution in [3.63, 3.8) is 0 Å². The second kappa shape index (κ2) is 5.51.